The lowest BCUT2D eigenvalue weighted by molar-refractivity contribution is -0.122. The van der Waals surface area contributed by atoms with Gasteiger partial charge >= 0.3 is 0 Å². The number of hydrogen-bond acceptors (Lipinski definition) is 3. The van der Waals surface area contributed by atoms with E-state index in [-0.39, 0.29) is 11.3 Å². The molecule has 1 aromatic rings. The molecule has 1 amide bonds. The number of carbonyl (C=O) groups excluding carboxylic acids is 1. The van der Waals surface area contributed by atoms with E-state index in [9.17, 15) is 4.79 Å². The van der Waals surface area contributed by atoms with Gasteiger partial charge in [-0.3, -0.25) is 9.69 Å². The second-order valence-corrected chi connectivity index (χ2v) is 7.75. The summed E-state index contributed by atoms with van der Waals surface area (Å²) in [5.41, 5.74) is 1.58. The van der Waals surface area contributed by atoms with Crippen molar-refractivity contribution in [3.05, 3.63) is 35.9 Å². The molecule has 1 aliphatic heterocycles. The third-order valence-electron chi connectivity index (χ3n) is 5.13. The summed E-state index contributed by atoms with van der Waals surface area (Å²) >= 11 is 0. The molecule has 4 nitrogen and oxygen atoms in total. The van der Waals surface area contributed by atoms with E-state index in [0.29, 0.717) is 18.6 Å². The minimum absolute atomic E-state index is 0.111. The number of benzene rings is 1. The monoisotopic (exact) mass is 331 g/mol. The SMILES string of the molecule is CNC(=O)CN1CCC(NC(C)CC(C)(C)c2ccccc2)CC1. The van der Waals surface area contributed by atoms with E-state index >= 15 is 0 Å². The second kappa shape index (κ2) is 8.63. The van der Waals surface area contributed by atoms with Gasteiger partial charge < -0.3 is 10.6 Å². The normalized spacial score (nSPS) is 18.3. The molecule has 4 heteroatoms. The first-order valence-electron chi connectivity index (χ1n) is 9.15. The molecule has 1 aliphatic rings. The lowest BCUT2D eigenvalue weighted by Crippen LogP contribution is -2.48. The number of nitrogens with one attached hydrogen (secondary N) is 2. The number of likely N-dealkylation sites (tertiary alicyclic amines) is 1. The fourth-order valence-corrected chi connectivity index (χ4v) is 3.77. The number of amides is 1. The predicted octanol–water partition coefficient (Wildman–Crippen LogP) is 2.54. The third-order valence-corrected chi connectivity index (χ3v) is 5.13. The van der Waals surface area contributed by atoms with E-state index in [0.717, 1.165) is 32.4 Å². The molecule has 0 saturated carbocycles. The summed E-state index contributed by atoms with van der Waals surface area (Å²) in [7, 11) is 1.70. The number of rotatable bonds is 7. The van der Waals surface area contributed by atoms with Crippen LogP contribution in [0.5, 0.6) is 0 Å². The Kier molecular flexibility index (Phi) is 6.81. The highest BCUT2D eigenvalue weighted by Gasteiger charge is 2.26. The summed E-state index contributed by atoms with van der Waals surface area (Å²) in [6, 6.07) is 11.8. The maximum Gasteiger partial charge on any atom is 0.233 e. The van der Waals surface area contributed by atoms with Crippen LogP contribution in [-0.4, -0.2) is 49.6 Å². The first-order valence-corrected chi connectivity index (χ1v) is 9.15. The number of carbonyl (C=O) groups is 1. The molecule has 0 aromatic heterocycles. The average Bonchev–Trinajstić information content (AvgIpc) is 2.57. The molecule has 1 aromatic carbocycles. The summed E-state index contributed by atoms with van der Waals surface area (Å²) in [6.45, 7) is 9.47. The van der Waals surface area contributed by atoms with Crippen LogP contribution in [0.4, 0.5) is 0 Å². The Morgan fingerprint density at radius 2 is 1.88 bits per heavy atom. The van der Waals surface area contributed by atoms with Gasteiger partial charge in [-0.05, 0) is 37.2 Å². The lowest BCUT2D eigenvalue weighted by atomic mass is 9.79. The maximum atomic E-state index is 11.5. The van der Waals surface area contributed by atoms with Crippen molar-refractivity contribution in [3.8, 4) is 0 Å². The molecule has 0 radical (unpaired) electrons. The summed E-state index contributed by atoms with van der Waals surface area (Å²) in [4.78, 5) is 13.7. The molecule has 1 unspecified atom stereocenters. The van der Waals surface area contributed by atoms with Crippen LogP contribution in [0.2, 0.25) is 0 Å². The van der Waals surface area contributed by atoms with Crippen molar-refractivity contribution in [2.75, 3.05) is 26.7 Å². The molecule has 2 N–H and O–H groups in total. The molecule has 134 valence electrons. The Labute approximate surface area is 147 Å². The summed E-state index contributed by atoms with van der Waals surface area (Å²) in [5, 5.41) is 6.51. The third kappa shape index (κ3) is 5.60. The number of piperidine rings is 1. The zero-order valence-electron chi connectivity index (χ0n) is 15.6. The van der Waals surface area contributed by atoms with E-state index in [1.54, 1.807) is 7.05 Å². The number of hydrogen-bond donors (Lipinski definition) is 2. The van der Waals surface area contributed by atoms with Gasteiger partial charge in [-0.1, -0.05) is 44.2 Å². The quantitative estimate of drug-likeness (QED) is 0.807. The Bertz CT molecular complexity index is 507. The van der Waals surface area contributed by atoms with Crippen molar-refractivity contribution >= 4 is 5.91 Å². The van der Waals surface area contributed by atoms with Gasteiger partial charge in [0.15, 0.2) is 0 Å². The molecule has 2 rings (SSSR count). The summed E-state index contributed by atoms with van der Waals surface area (Å²) in [5.74, 6) is 0.111. The van der Waals surface area contributed by atoms with Crippen LogP contribution in [0, 0.1) is 0 Å². The van der Waals surface area contributed by atoms with Crippen LogP contribution in [0.3, 0.4) is 0 Å². The lowest BCUT2D eigenvalue weighted by Gasteiger charge is -2.35. The molecule has 1 saturated heterocycles. The smallest absolute Gasteiger partial charge is 0.233 e. The Morgan fingerprint density at radius 3 is 2.46 bits per heavy atom. The Morgan fingerprint density at radius 1 is 1.25 bits per heavy atom. The van der Waals surface area contributed by atoms with E-state index in [1.807, 2.05) is 0 Å². The summed E-state index contributed by atoms with van der Waals surface area (Å²) < 4.78 is 0. The van der Waals surface area contributed by atoms with Crippen molar-refractivity contribution in [2.24, 2.45) is 0 Å². The van der Waals surface area contributed by atoms with Crippen LogP contribution in [0.25, 0.3) is 0 Å². The topological polar surface area (TPSA) is 44.4 Å². The molecule has 0 spiro atoms. The highest BCUT2D eigenvalue weighted by molar-refractivity contribution is 5.77. The zero-order chi connectivity index (χ0) is 17.6. The van der Waals surface area contributed by atoms with Crippen molar-refractivity contribution in [3.63, 3.8) is 0 Å². The van der Waals surface area contributed by atoms with Crippen LogP contribution in [0.1, 0.15) is 45.6 Å². The fourth-order valence-electron chi connectivity index (χ4n) is 3.77. The number of nitrogens with zero attached hydrogens (tertiary/aromatic N) is 1. The van der Waals surface area contributed by atoms with Gasteiger partial charge in [-0.25, -0.2) is 0 Å². The maximum absolute atomic E-state index is 11.5. The van der Waals surface area contributed by atoms with Crippen molar-refractivity contribution in [1.82, 2.24) is 15.5 Å². The molecule has 0 aliphatic carbocycles. The van der Waals surface area contributed by atoms with Gasteiger partial charge in [-0.2, -0.15) is 0 Å². The van der Waals surface area contributed by atoms with Gasteiger partial charge in [0.05, 0.1) is 6.54 Å². The van der Waals surface area contributed by atoms with Crippen LogP contribution < -0.4 is 10.6 Å². The Balaban J connectivity index is 1.77. The highest BCUT2D eigenvalue weighted by Crippen LogP contribution is 2.28. The molecular weight excluding hydrogens is 298 g/mol. The minimum atomic E-state index is 0.111. The first-order chi connectivity index (χ1) is 11.4. The van der Waals surface area contributed by atoms with E-state index in [1.165, 1.54) is 5.56 Å². The van der Waals surface area contributed by atoms with Gasteiger partial charge in [0, 0.05) is 32.2 Å². The first kappa shape index (κ1) is 18.9. The summed E-state index contributed by atoms with van der Waals surface area (Å²) in [6.07, 6.45) is 3.36. The number of likely N-dealkylation sites (N-methyl/N-ethyl adjacent to an activating group) is 1. The largest absolute Gasteiger partial charge is 0.358 e. The van der Waals surface area contributed by atoms with Crippen molar-refractivity contribution < 1.29 is 4.79 Å². The van der Waals surface area contributed by atoms with Gasteiger partial charge in [0.25, 0.3) is 0 Å². The van der Waals surface area contributed by atoms with Crippen molar-refractivity contribution in [2.45, 2.75) is 57.5 Å². The van der Waals surface area contributed by atoms with Crippen LogP contribution in [0.15, 0.2) is 30.3 Å². The van der Waals surface area contributed by atoms with Gasteiger partial charge in [0.2, 0.25) is 5.91 Å². The molecule has 24 heavy (non-hydrogen) atoms. The molecular formula is C20H33N3O. The molecule has 1 fully saturated rings. The average molecular weight is 332 g/mol. The molecule has 1 heterocycles. The van der Waals surface area contributed by atoms with E-state index in [4.69, 9.17) is 0 Å². The Hall–Kier alpha value is -1.39. The molecule has 0 bridgehead atoms. The van der Waals surface area contributed by atoms with E-state index in [2.05, 4.69) is 66.6 Å². The van der Waals surface area contributed by atoms with Crippen molar-refractivity contribution in [1.29, 1.82) is 0 Å². The molecule has 1 atom stereocenters. The van der Waals surface area contributed by atoms with Crippen LogP contribution in [-0.2, 0) is 10.2 Å². The fraction of sp³-hybridized carbons (Fsp3) is 0.650. The second-order valence-electron chi connectivity index (χ2n) is 7.75. The van der Waals surface area contributed by atoms with E-state index < -0.39 is 0 Å². The van der Waals surface area contributed by atoms with Crippen LogP contribution >= 0.6 is 0 Å². The van der Waals surface area contributed by atoms with Gasteiger partial charge in [0.1, 0.15) is 0 Å². The van der Waals surface area contributed by atoms with Gasteiger partial charge in [-0.15, -0.1) is 0 Å². The zero-order valence-corrected chi connectivity index (χ0v) is 15.6. The standard InChI is InChI=1S/C20H33N3O/c1-16(14-20(2,3)17-8-6-5-7-9-17)22-18-10-12-23(13-11-18)15-19(24)21-4/h5-9,16,18,22H,10-15H2,1-4H3,(H,21,24). The minimum Gasteiger partial charge on any atom is -0.358 e. The highest BCUT2D eigenvalue weighted by atomic mass is 16.1. The predicted molar refractivity (Wildman–Crippen MR) is 100 cm³/mol.